The zero-order chi connectivity index (χ0) is 23.5. The molecule has 0 saturated heterocycles. The van der Waals surface area contributed by atoms with E-state index < -0.39 is 11.8 Å². The Kier molecular flexibility index (Phi) is 7.20. The Bertz CT molecular complexity index is 1240. The molecule has 33 heavy (non-hydrogen) atoms. The van der Waals surface area contributed by atoms with Crippen molar-refractivity contribution < 1.29 is 14.3 Å². The van der Waals surface area contributed by atoms with E-state index in [2.05, 4.69) is 5.32 Å². The lowest BCUT2D eigenvalue weighted by atomic mass is 10.2. The third-order valence-electron chi connectivity index (χ3n) is 4.66. The molecule has 5 nitrogen and oxygen atoms in total. The molecule has 0 unspecified atom stereocenters. The minimum absolute atomic E-state index is 0.139. The lowest BCUT2D eigenvalue weighted by molar-refractivity contribution is -0.120. The van der Waals surface area contributed by atoms with Crippen molar-refractivity contribution in [3.8, 4) is 5.75 Å². The number of imide groups is 1. The summed E-state index contributed by atoms with van der Waals surface area (Å²) in [6.45, 7) is 2.44. The number of rotatable bonds is 7. The van der Waals surface area contributed by atoms with E-state index in [1.807, 2.05) is 6.92 Å². The van der Waals surface area contributed by atoms with E-state index in [1.165, 1.54) is 6.07 Å². The highest BCUT2D eigenvalue weighted by molar-refractivity contribution is 8.04. The monoisotopic (exact) mass is 518 g/mol. The molecule has 0 saturated carbocycles. The number of nitrogens with one attached hydrogen (secondary N) is 1. The van der Waals surface area contributed by atoms with Crippen molar-refractivity contribution in [2.24, 2.45) is 0 Å². The Morgan fingerprint density at radius 1 is 0.879 bits per heavy atom. The number of hydrogen-bond acceptors (Lipinski definition) is 5. The molecule has 0 aliphatic carbocycles. The number of hydrogen-bond donors (Lipinski definition) is 1. The quantitative estimate of drug-likeness (QED) is 0.339. The SMILES string of the molecule is CCOc1ccc(NC2=C(Sc3ccc(Cl)cc3)C(=O)N(c3cc(Cl)ccc3Cl)C2=O)cc1. The molecule has 1 N–H and O–H groups in total. The molecule has 1 aliphatic heterocycles. The van der Waals surface area contributed by atoms with Crippen molar-refractivity contribution in [3.05, 3.63) is 92.4 Å². The Hall–Kier alpha value is -2.64. The maximum Gasteiger partial charge on any atom is 0.283 e. The summed E-state index contributed by atoms with van der Waals surface area (Å²) >= 11 is 19.6. The molecule has 0 radical (unpaired) electrons. The smallest absolute Gasteiger partial charge is 0.283 e. The third-order valence-corrected chi connectivity index (χ3v) is 6.56. The lowest BCUT2D eigenvalue weighted by Crippen LogP contribution is -2.32. The van der Waals surface area contributed by atoms with E-state index in [9.17, 15) is 9.59 Å². The molecule has 0 bridgehead atoms. The molecule has 3 aromatic carbocycles. The number of nitrogens with zero attached hydrogens (tertiary/aromatic N) is 1. The highest BCUT2D eigenvalue weighted by Crippen LogP contribution is 2.40. The number of anilines is 2. The summed E-state index contributed by atoms with van der Waals surface area (Å²) in [5, 5.41) is 4.26. The number of carbonyl (C=O) groups is 2. The summed E-state index contributed by atoms with van der Waals surface area (Å²) in [6, 6.07) is 18.7. The van der Waals surface area contributed by atoms with Crippen LogP contribution in [0.25, 0.3) is 0 Å². The lowest BCUT2D eigenvalue weighted by Gasteiger charge is -2.17. The second-order valence-corrected chi connectivity index (χ2v) is 9.25. The van der Waals surface area contributed by atoms with Gasteiger partial charge in [-0.25, -0.2) is 4.90 Å². The maximum absolute atomic E-state index is 13.4. The number of carbonyl (C=O) groups excluding carboxylic acids is 2. The van der Waals surface area contributed by atoms with Crippen molar-refractivity contribution in [2.45, 2.75) is 11.8 Å². The van der Waals surface area contributed by atoms with Gasteiger partial charge in [-0.1, -0.05) is 46.6 Å². The number of halogens is 3. The first-order valence-corrected chi connectivity index (χ1v) is 11.8. The number of benzene rings is 3. The van der Waals surface area contributed by atoms with Gasteiger partial charge in [-0.05, 0) is 73.7 Å². The summed E-state index contributed by atoms with van der Waals surface area (Å²) < 4.78 is 5.47. The van der Waals surface area contributed by atoms with Gasteiger partial charge in [-0.3, -0.25) is 9.59 Å². The van der Waals surface area contributed by atoms with Gasteiger partial charge < -0.3 is 10.1 Å². The predicted molar refractivity (Wildman–Crippen MR) is 135 cm³/mol. The first kappa shape index (κ1) is 23.5. The minimum atomic E-state index is -0.533. The van der Waals surface area contributed by atoms with Crippen LogP contribution in [0.4, 0.5) is 11.4 Å². The van der Waals surface area contributed by atoms with Gasteiger partial charge in [0.1, 0.15) is 16.4 Å². The van der Waals surface area contributed by atoms with Crippen molar-refractivity contribution in [1.29, 1.82) is 0 Å². The van der Waals surface area contributed by atoms with Crippen molar-refractivity contribution in [1.82, 2.24) is 0 Å². The van der Waals surface area contributed by atoms with Crippen molar-refractivity contribution in [2.75, 3.05) is 16.8 Å². The molecular weight excluding hydrogens is 503 g/mol. The first-order valence-electron chi connectivity index (χ1n) is 9.88. The fourth-order valence-electron chi connectivity index (χ4n) is 3.16. The average Bonchev–Trinajstić information content (AvgIpc) is 3.02. The summed E-state index contributed by atoms with van der Waals surface area (Å²) in [5.74, 6) is -0.332. The minimum Gasteiger partial charge on any atom is -0.494 e. The molecule has 3 aromatic rings. The zero-order valence-corrected chi connectivity index (χ0v) is 20.4. The standard InChI is InChI=1S/C24H17Cl3N2O3S/c1-2-32-17-8-6-16(7-9-17)28-21-22(33-18-10-3-14(25)4-11-18)24(31)29(23(21)30)20-13-15(26)5-12-19(20)27/h3-13,28H,2H2,1H3. The molecule has 2 amide bonds. The second kappa shape index (κ2) is 10.1. The molecule has 0 spiro atoms. The highest BCUT2D eigenvalue weighted by atomic mass is 35.5. The fourth-order valence-corrected chi connectivity index (χ4v) is 4.58. The Balaban J connectivity index is 1.73. The molecule has 9 heteroatoms. The Morgan fingerprint density at radius 3 is 2.21 bits per heavy atom. The fraction of sp³-hybridized carbons (Fsp3) is 0.0833. The van der Waals surface area contributed by atoms with Gasteiger partial charge in [0, 0.05) is 20.6 Å². The van der Waals surface area contributed by atoms with Crippen LogP contribution in [0, 0.1) is 0 Å². The van der Waals surface area contributed by atoms with E-state index in [0.29, 0.717) is 28.1 Å². The van der Waals surface area contributed by atoms with E-state index in [4.69, 9.17) is 39.5 Å². The number of thioether (sulfide) groups is 1. The predicted octanol–water partition coefficient (Wildman–Crippen LogP) is 7.03. The normalized spacial score (nSPS) is 13.6. The second-order valence-electron chi connectivity index (χ2n) is 6.88. The van der Waals surface area contributed by atoms with Crippen LogP contribution in [0.1, 0.15) is 6.92 Å². The number of amides is 2. The molecule has 0 aromatic heterocycles. The molecule has 168 valence electrons. The first-order chi connectivity index (χ1) is 15.9. The number of ether oxygens (including phenoxy) is 1. The van der Waals surface area contributed by atoms with Crippen LogP contribution in [0.3, 0.4) is 0 Å². The highest BCUT2D eigenvalue weighted by Gasteiger charge is 2.41. The average molecular weight is 520 g/mol. The van der Waals surface area contributed by atoms with Crippen LogP contribution in [0.2, 0.25) is 15.1 Å². The topological polar surface area (TPSA) is 58.6 Å². The van der Waals surface area contributed by atoms with Gasteiger partial charge in [0.15, 0.2) is 0 Å². The van der Waals surface area contributed by atoms with Crippen LogP contribution in [0.5, 0.6) is 5.75 Å². The molecule has 0 fully saturated rings. The summed E-state index contributed by atoms with van der Waals surface area (Å²) in [6.07, 6.45) is 0. The van der Waals surface area contributed by atoms with Gasteiger partial charge in [-0.2, -0.15) is 0 Å². The molecule has 1 aliphatic rings. The van der Waals surface area contributed by atoms with Crippen molar-refractivity contribution in [3.63, 3.8) is 0 Å². The van der Waals surface area contributed by atoms with E-state index in [1.54, 1.807) is 60.7 Å². The summed E-state index contributed by atoms with van der Waals surface area (Å²) in [7, 11) is 0. The summed E-state index contributed by atoms with van der Waals surface area (Å²) in [5.41, 5.74) is 0.986. The third kappa shape index (κ3) is 5.14. The maximum atomic E-state index is 13.4. The Labute approximate surface area is 210 Å². The molecular formula is C24H17Cl3N2O3S. The Morgan fingerprint density at radius 2 is 1.55 bits per heavy atom. The zero-order valence-electron chi connectivity index (χ0n) is 17.3. The van der Waals surface area contributed by atoms with Gasteiger partial charge >= 0.3 is 0 Å². The van der Waals surface area contributed by atoms with Crippen LogP contribution >= 0.6 is 46.6 Å². The molecule has 0 atom stereocenters. The van der Waals surface area contributed by atoms with Crippen LogP contribution in [0.15, 0.2) is 82.2 Å². The van der Waals surface area contributed by atoms with E-state index in [-0.39, 0.29) is 21.3 Å². The molecule has 4 rings (SSSR count). The van der Waals surface area contributed by atoms with Gasteiger partial charge in [-0.15, -0.1) is 0 Å². The summed E-state index contributed by atoms with van der Waals surface area (Å²) in [4.78, 5) is 28.9. The van der Waals surface area contributed by atoms with Crippen LogP contribution in [-0.4, -0.2) is 18.4 Å². The largest absolute Gasteiger partial charge is 0.494 e. The van der Waals surface area contributed by atoms with Gasteiger partial charge in [0.25, 0.3) is 11.8 Å². The van der Waals surface area contributed by atoms with Gasteiger partial charge in [0.05, 0.1) is 17.3 Å². The van der Waals surface area contributed by atoms with Crippen molar-refractivity contribution >= 4 is 69.8 Å². The van der Waals surface area contributed by atoms with Crippen LogP contribution < -0.4 is 15.0 Å². The van der Waals surface area contributed by atoms with Crippen LogP contribution in [-0.2, 0) is 9.59 Å². The van der Waals surface area contributed by atoms with E-state index in [0.717, 1.165) is 21.6 Å². The molecule has 1 heterocycles. The van der Waals surface area contributed by atoms with Gasteiger partial charge in [0.2, 0.25) is 0 Å². The van der Waals surface area contributed by atoms with E-state index >= 15 is 0 Å².